The van der Waals surface area contributed by atoms with E-state index in [1.807, 2.05) is 30.3 Å². The van der Waals surface area contributed by atoms with Crippen molar-refractivity contribution in [3.63, 3.8) is 0 Å². The molecule has 2 amide bonds. The lowest BCUT2D eigenvalue weighted by Gasteiger charge is -2.25. The van der Waals surface area contributed by atoms with Gasteiger partial charge in [-0.2, -0.15) is 0 Å². The number of aldehydes is 1. The fourth-order valence-corrected chi connectivity index (χ4v) is 1.76. The number of piperazine rings is 1. The van der Waals surface area contributed by atoms with Gasteiger partial charge in [0.05, 0.1) is 0 Å². The maximum Gasteiger partial charge on any atom is 0.314 e. The standard InChI is InChI=1S/C9H10O.C5H11N3O/c10-8-4-7-9-5-2-1-3-6-9;6-5(9)8-3-1-7-2-4-8/h1-3,5-6,8H,4,7H2;7H,1-4H2,(H2,6,9). The Morgan fingerprint density at radius 3 is 2.37 bits per heavy atom. The van der Waals surface area contributed by atoms with Crippen molar-refractivity contribution >= 4 is 12.3 Å². The zero-order chi connectivity index (χ0) is 13.9. The van der Waals surface area contributed by atoms with Gasteiger partial charge in [0, 0.05) is 32.6 Å². The summed E-state index contributed by atoms with van der Waals surface area (Å²) in [5.74, 6) is 0. The molecule has 0 radical (unpaired) electrons. The van der Waals surface area contributed by atoms with Crippen LogP contribution in [0, 0.1) is 0 Å². The molecule has 2 rings (SSSR count). The lowest BCUT2D eigenvalue weighted by atomic mass is 10.1. The number of nitrogens with one attached hydrogen (secondary N) is 1. The smallest absolute Gasteiger partial charge is 0.314 e. The van der Waals surface area contributed by atoms with Crippen molar-refractivity contribution in [1.29, 1.82) is 0 Å². The second kappa shape index (κ2) is 9.10. The summed E-state index contributed by atoms with van der Waals surface area (Å²) in [6.07, 6.45) is 2.45. The summed E-state index contributed by atoms with van der Waals surface area (Å²) in [4.78, 5) is 22.1. The molecule has 1 heterocycles. The molecule has 0 atom stereocenters. The summed E-state index contributed by atoms with van der Waals surface area (Å²) >= 11 is 0. The van der Waals surface area contributed by atoms with Crippen LogP contribution < -0.4 is 11.1 Å². The lowest BCUT2D eigenvalue weighted by molar-refractivity contribution is -0.107. The van der Waals surface area contributed by atoms with Crippen molar-refractivity contribution in [2.75, 3.05) is 26.2 Å². The van der Waals surface area contributed by atoms with Crippen LogP contribution in [-0.4, -0.2) is 43.4 Å². The number of urea groups is 1. The van der Waals surface area contributed by atoms with Crippen molar-refractivity contribution in [1.82, 2.24) is 10.2 Å². The first kappa shape index (κ1) is 15.2. The van der Waals surface area contributed by atoms with Crippen LogP contribution in [0.5, 0.6) is 0 Å². The molecule has 1 aliphatic heterocycles. The molecule has 5 heteroatoms. The molecule has 1 aromatic carbocycles. The van der Waals surface area contributed by atoms with E-state index in [0.717, 1.165) is 38.9 Å². The molecular weight excluding hydrogens is 242 g/mol. The third kappa shape index (κ3) is 6.57. The second-order valence-corrected chi connectivity index (χ2v) is 4.27. The molecule has 5 nitrogen and oxygen atoms in total. The summed E-state index contributed by atoms with van der Waals surface area (Å²) in [6.45, 7) is 3.22. The number of benzene rings is 1. The average molecular weight is 263 g/mol. The van der Waals surface area contributed by atoms with Crippen LogP contribution in [0.15, 0.2) is 30.3 Å². The van der Waals surface area contributed by atoms with Gasteiger partial charge in [0.2, 0.25) is 0 Å². The minimum Gasteiger partial charge on any atom is -0.351 e. The number of amides is 2. The number of carbonyl (C=O) groups is 2. The second-order valence-electron chi connectivity index (χ2n) is 4.27. The third-order valence-corrected chi connectivity index (χ3v) is 2.82. The molecule has 19 heavy (non-hydrogen) atoms. The van der Waals surface area contributed by atoms with Gasteiger partial charge in [-0.3, -0.25) is 0 Å². The molecule has 1 aromatic rings. The third-order valence-electron chi connectivity index (χ3n) is 2.82. The van der Waals surface area contributed by atoms with Crippen LogP contribution in [-0.2, 0) is 11.2 Å². The summed E-state index contributed by atoms with van der Waals surface area (Å²) < 4.78 is 0. The van der Waals surface area contributed by atoms with Crippen molar-refractivity contribution in [2.45, 2.75) is 12.8 Å². The molecule has 0 aliphatic carbocycles. The number of nitrogens with zero attached hydrogens (tertiary/aromatic N) is 1. The van der Waals surface area contributed by atoms with E-state index in [4.69, 9.17) is 5.73 Å². The molecule has 104 valence electrons. The summed E-state index contributed by atoms with van der Waals surface area (Å²) in [5.41, 5.74) is 6.26. The van der Waals surface area contributed by atoms with Gasteiger partial charge in [0.15, 0.2) is 0 Å². The van der Waals surface area contributed by atoms with Gasteiger partial charge in [-0.25, -0.2) is 4.79 Å². The van der Waals surface area contributed by atoms with Crippen LogP contribution in [0.4, 0.5) is 4.79 Å². The largest absolute Gasteiger partial charge is 0.351 e. The lowest BCUT2D eigenvalue weighted by Crippen LogP contribution is -2.48. The van der Waals surface area contributed by atoms with Gasteiger partial charge in [0.25, 0.3) is 0 Å². The van der Waals surface area contributed by atoms with Crippen molar-refractivity contribution in [3.8, 4) is 0 Å². The summed E-state index contributed by atoms with van der Waals surface area (Å²) in [6, 6.07) is 9.70. The van der Waals surface area contributed by atoms with Crippen molar-refractivity contribution < 1.29 is 9.59 Å². The molecule has 1 fully saturated rings. The van der Waals surface area contributed by atoms with E-state index < -0.39 is 0 Å². The SMILES string of the molecule is NC(=O)N1CCNCC1.O=CCCc1ccccc1. The van der Waals surface area contributed by atoms with Crippen LogP contribution in [0.2, 0.25) is 0 Å². The number of hydrogen-bond donors (Lipinski definition) is 2. The molecule has 1 aliphatic rings. The highest BCUT2D eigenvalue weighted by Gasteiger charge is 2.11. The molecule has 0 unspecified atom stereocenters. The van der Waals surface area contributed by atoms with Crippen LogP contribution >= 0.6 is 0 Å². The average Bonchev–Trinajstić information content (AvgIpc) is 2.48. The maximum atomic E-state index is 10.5. The van der Waals surface area contributed by atoms with Gasteiger partial charge in [-0.15, -0.1) is 0 Å². The minimum atomic E-state index is -0.309. The zero-order valence-electron chi connectivity index (χ0n) is 11.0. The van der Waals surface area contributed by atoms with E-state index in [1.54, 1.807) is 4.90 Å². The van der Waals surface area contributed by atoms with Crippen molar-refractivity contribution in [2.24, 2.45) is 5.73 Å². The molecule has 1 saturated heterocycles. The van der Waals surface area contributed by atoms with E-state index in [9.17, 15) is 9.59 Å². The van der Waals surface area contributed by atoms with Crippen molar-refractivity contribution in [3.05, 3.63) is 35.9 Å². The minimum absolute atomic E-state index is 0.309. The van der Waals surface area contributed by atoms with Gasteiger partial charge in [-0.1, -0.05) is 30.3 Å². The predicted octanol–water partition coefficient (Wildman–Crippen LogP) is 0.788. The van der Waals surface area contributed by atoms with Gasteiger partial charge < -0.3 is 20.7 Å². The normalized spacial score (nSPS) is 14.2. The summed E-state index contributed by atoms with van der Waals surface area (Å²) in [7, 11) is 0. The molecule has 0 saturated carbocycles. The van der Waals surface area contributed by atoms with E-state index >= 15 is 0 Å². The Labute approximate surface area is 113 Å². The molecule has 0 spiro atoms. The van der Waals surface area contributed by atoms with Gasteiger partial charge in [0.1, 0.15) is 6.29 Å². The Morgan fingerprint density at radius 2 is 1.89 bits per heavy atom. The first-order valence-electron chi connectivity index (χ1n) is 6.46. The van der Waals surface area contributed by atoms with Gasteiger partial charge >= 0.3 is 6.03 Å². The molecule has 0 bridgehead atoms. The molecule has 0 aromatic heterocycles. The highest BCUT2D eigenvalue weighted by molar-refractivity contribution is 5.72. The van der Waals surface area contributed by atoms with Crippen LogP contribution in [0.1, 0.15) is 12.0 Å². The Morgan fingerprint density at radius 1 is 1.26 bits per heavy atom. The van der Waals surface area contributed by atoms with E-state index in [0.29, 0.717) is 6.42 Å². The predicted molar refractivity (Wildman–Crippen MR) is 74.9 cm³/mol. The highest BCUT2D eigenvalue weighted by atomic mass is 16.2. The fourth-order valence-electron chi connectivity index (χ4n) is 1.76. The number of primary amides is 1. The molecular formula is C14H21N3O2. The van der Waals surface area contributed by atoms with Gasteiger partial charge in [-0.05, 0) is 12.0 Å². The first-order valence-corrected chi connectivity index (χ1v) is 6.46. The molecule has 3 N–H and O–H groups in total. The Bertz CT molecular complexity index is 376. The first-order chi connectivity index (χ1) is 9.24. The number of rotatable bonds is 3. The zero-order valence-corrected chi connectivity index (χ0v) is 11.0. The number of nitrogens with two attached hydrogens (primary N) is 1. The maximum absolute atomic E-state index is 10.5. The van der Waals surface area contributed by atoms with E-state index in [1.165, 1.54) is 5.56 Å². The topological polar surface area (TPSA) is 75.4 Å². The summed E-state index contributed by atoms with van der Waals surface area (Å²) in [5, 5.41) is 3.12. The number of hydrogen-bond acceptors (Lipinski definition) is 3. The quantitative estimate of drug-likeness (QED) is 0.792. The Hall–Kier alpha value is -1.88. The Kier molecular flexibility index (Phi) is 7.27. The van der Waals surface area contributed by atoms with E-state index in [-0.39, 0.29) is 6.03 Å². The fraction of sp³-hybridized carbons (Fsp3) is 0.429. The van der Waals surface area contributed by atoms with E-state index in [2.05, 4.69) is 5.32 Å². The van der Waals surface area contributed by atoms with Crippen LogP contribution in [0.3, 0.4) is 0 Å². The van der Waals surface area contributed by atoms with Crippen LogP contribution in [0.25, 0.3) is 0 Å². The monoisotopic (exact) mass is 263 g/mol. The highest BCUT2D eigenvalue weighted by Crippen LogP contribution is 2.00. The number of carbonyl (C=O) groups excluding carboxylic acids is 2. The number of aryl methyl sites for hydroxylation is 1. The Balaban J connectivity index is 0.000000191.